The molecule has 2 aromatic rings. The highest BCUT2D eigenvalue weighted by atomic mass is 32.1. The minimum Gasteiger partial charge on any atom is -0.380 e. The molecule has 0 spiro atoms. The summed E-state index contributed by atoms with van der Waals surface area (Å²) in [5.74, 6) is 0. The average molecular weight is 262 g/mol. The molecule has 3 nitrogen and oxygen atoms in total. The standard InChI is InChI=1S/C14H18N2OS/c1-9-10(2)18-14(16-9)13(15)12-6-4-11(5-7-12)8-17-3/h4-7,13H,8,15H2,1-3H3. The minimum absolute atomic E-state index is 0.140. The van der Waals surface area contributed by atoms with Crippen molar-refractivity contribution >= 4 is 11.3 Å². The van der Waals surface area contributed by atoms with Crippen molar-refractivity contribution in [3.8, 4) is 0 Å². The van der Waals surface area contributed by atoms with Crippen molar-refractivity contribution in [1.29, 1.82) is 0 Å². The molecule has 0 aliphatic heterocycles. The number of ether oxygens (including phenoxy) is 1. The Morgan fingerprint density at radius 2 is 1.94 bits per heavy atom. The maximum absolute atomic E-state index is 6.24. The van der Waals surface area contributed by atoms with Crippen LogP contribution in [0.2, 0.25) is 0 Å². The minimum atomic E-state index is -0.140. The molecule has 96 valence electrons. The summed E-state index contributed by atoms with van der Waals surface area (Å²) in [5, 5.41) is 0.976. The molecule has 1 heterocycles. The van der Waals surface area contributed by atoms with Gasteiger partial charge in [0, 0.05) is 12.0 Å². The number of methoxy groups -OCH3 is 1. The smallest absolute Gasteiger partial charge is 0.114 e. The zero-order valence-corrected chi connectivity index (χ0v) is 11.8. The predicted octanol–water partition coefficient (Wildman–Crippen LogP) is 2.95. The van der Waals surface area contributed by atoms with Crippen molar-refractivity contribution in [2.24, 2.45) is 5.73 Å². The van der Waals surface area contributed by atoms with E-state index >= 15 is 0 Å². The van der Waals surface area contributed by atoms with Crippen LogP contribution in [0.5, 0.6) is 0 Å². The van der Waals surface area contributed by atoms with Crippen LogP contribution in [0.3, 0.4) is 0 Å². The van der Waals surface area contributed by atoms with Crippen LogP contribution in [0, 0.1) is 13.8 Å². The highest BCUT2D eigenvalue weighted by Crippen LogP contribution is 2.26. The lowest BCUT2D eigenvalue weighted by Gasteiger charge is -2.09. The largest absolute Gasteiger partial charge is 0.380 e. The van der Waals surface area contributed by atoms with Crippen molar-refractivity contribution in [2.45, 2.75) is 26.5 Å². The van der Waals surface area contributed by atoms with Crippen LogP contribution in [-0.4, -0.2) is 12.1 Å². The van der Waals surface area contributed by atoms with Gasteiger partial charge in [-0.2, -0.15) is 0 Å². The van der Waals surface area contributed by atoms with E-state index in [1.807, 2.05) is 31.2 Å². The van der Waals surface area contributed by atoms with Crippen molar-refractivity contribution in [2.75, 3.05) is 7.11 Å². The Morgan fingerprint density at radius 1 is 1.28 bits per heavy atom. The van der Waals surface area contributed by atoms with Crippen molar-refractivity contribution in [3.05, 3.63) is 51.0 Å². The second-order valence-corrected chi connectivity index (χ2v) is 5.58. The van der Waals surface area contributed by atoms with E-state index in [9.17, 15) is 0 Å². The number of hydrogen-bond acceptors (Lipinski definition) is 4. The Morgan fingerprint density at radius 3 is 2.44 bits per heavy atom. The van der Waals surface area contributed by atoms with Gasteiger partial charge < -0.3 is 10.5 Å². The zero-order valence-electron chi connectivity index (χ0n) is 10.9. The normalized spacial score (nSPS) is 12.7. The molecule has 0 bridgehead atoms. The van der Waals surface area contributed by atoms with E-state index in [2.05, 4.69) is 11.9 Å². The Bertz CT molecular complexity index is 500. The van der Waals surface area contributed by atoms with Crippen molar-refractivity contribution in [3.63, 3.8) is 0 Å². The van der Waals surface area contributed by atoms with Gasteiger partial charge in [-0.1, -0.05) is 24.3 Å². The van der Waals surface area contributed by atoms with Gasteiger partial charge in [0.2, 0.25) is 0 Å². The lowest BCUT2D eigenvalue weighted by atomic mass is 10.1. The predicted molar refractivity (Wildman–Crippen MR) is 74.8 cm³/mol. The summed E-state index contributed by atoms with van der Waals surface area (Å²) in [7, 11) is 1.70. The second kappa shape index (κ2) is 5.61. The molecule has 1 aromatic heterocycles. The number of aromatic nitrogens is 1. The Labute approximate surface area is 112 Å². The van der Waals surface area contributed by atoms with E-state index in [1.54, 1.807) is 18.4 Å². The topological polar surface area (TPSA) is 48.1 Å². The van der Waals surface area contributed by atoms with Crippen LogP contribution < -0.4 is 5.73 Å². The van der Waals surface area contributed by atoms with Gasteiger partial charge in [0.25, 0.3) is 0 Å². The van der Waals surface area contributed by atoms with Crippen LogP contribution in [0.25, 0.3) is 0 Å². The van der Waals surface area contributed by atoms with Crippen molar-refractivity contribution < 1.29 is 4.74 Å². The Hall–Kier alpha value is -1.23. The fourth-order valence-corrected chi connectivity index (χ4v) is 2.71. The quantitative estimate of drug-likeness (QED) is 0.921. The number of nitrogens with zero attached hydrogens (tertiary/aromatic N) is 1. The van der Waals surface area contributed by atoms with E-state index in [0.717, 1.165) is 21.8 Å². The van der Waals surface area contributed by atoms with E-state index < -0.39 is 0 Å². The summed E-state index contributed by atoms with van der Waals surface area (Å²) < 4.78 is 5.09. The van der Waals surface area contributed by atoms with E-state index in [0.29, 0.717) is 6.61 Å². The molecular formula is C14H18N2OS. The highest BCUT2D eigenvalue weighted by Gasteiger charge is 2.14. The number of rotatable bonds is 4. The third kappa shape index (κ3) is 2.77. The molecule has 0 aliphatic carbocycles. The second-order valence-electron chi connectivity index (χ2n) is 4.35. The van der Waals surface area contributed by atoms with Gasteiger partial charge in [0.05, 0.1) is 18.3 Å². The molecule has 0 saturated carbocycles. The molecule has 4 heteroatoms. The molecule has 1 unspecified atom stereocenters. The Kier molecular flexibility index (Phi) is 4.11. The van der Waals surface area contributed by atoms with Crippen LogP contribution in [-0.2, 0) is 11.3 Å². The zero-order chi connectivity index (χ0) is 13.1. The first-order valence-corrected chi connectivity index (χ1v) is 6.70. The van der Waals surface area contributed by atoms with Crippen LogP contribution in [0.15, 0.2) is 24.3 Å². The molecular weight excluding hydrogens is 244 g/mol. The molecule has 0 saturated heterocycles. The summed E-state index contributed by atoms with van der Waals surface area (Å²) >= 11 is 1.67. The molecule has 0 fully saturated rings. The third-order valence-electron chi connectivity index (χ3n) is 2.96. The summed E-state index contributed by atoms with van der Waals surface area (Å²) in [5.41, 5.74) is 9.55. The number of thiazole rings is 1. The summed E-state index contributed by atoms with van der Waals surface area (Å²) in [4.78, 5) is 5.75. The maximum Gasteiger partial charge on any atom is 0.114 e. The van der Waals surface area contributed by atoms with Gasteiger partial charge in [0.15, 0.2) is 0 Å². The fraction of sp³-hybridized carbons (Fsp3) is 0.357. The first kappa shape index (κ1) is 13.2. The molecule has 2 N–H and O–H groups in total. The summed E-state index contributed by atoms with van der Waals surface area (Å²) in [6.07, 6.45) is 0. The molecule has 18 heavy (non-hydrogen) atoms. The van der Waals surface area contributed by atoms with Gasteiger partial charge in [-0.05, 0) is 25.0 Å². The van der Waals surface area contributed by atoms with Gasteiger partial charge in [-0.15, -0.1) is 11.3 Å². The molecule has 2 rings (SSSR count). The van der Waals surface area contributed by atoms with E-state index in [-0.39, 0.29) is 6.04 Å². The molecule has 1 aromatic carbocycles. The summed E-state index contributed by atoms with van der Waals surface area (Å²) in [6.45, 7) is 4.72. The number of nitrogens with two attached hydrogens (primary N) is 1. The molecule has 1 atom stereocenters. The van der Waals surface area contributed by atoms with Gasteiger partial charge in [-0.3, -0.25) is 0 Å². The third-order valence-corrected chi connectivity index (χ3v) is 4.12. The van der Waals surface area contributed by atoms with E-state index in [4.69, 9.17) is 10.5 Å². The monoisotopic (exact) mass is 262 g/mol. The van der Waals surface area contributed by atoms with E-state index in [1.165, 1.54) is 4.88 Å². The highest BCUT2D eigenvalue weighted by molar-refractivity contribution is 7.11. The number of aryl methyl sites for hydroxylation is 2. The first-order chi connectivity index (χ1) is 8.61. The SMILES string of the molecule is COCc1ccc(C(N)c2nc(C)c(C)s2)cc1. The first-order valence-electron chi connectivity index (χ1n) is 5.89. The van der Waals surface area contributed by atoms with Crippen LogP contribution in [0.1, 0.15) is 32.7 Å². The van der Waals surface area contributed by atoms with Crippen molar-refractivity contribution in [1.82, 2.24) is 4.98 Å². The fourth-order valence-electron chi connectivity index (χ4n) is 1.76. The molecule has 0 aliphatic rings. The van der Waals surface area contributed by atoms with Gasteiger partial charge >= 0.3 is 0 Å². The van der Waals surface area contributed by atoms with Crippen LogP contribution >= 0.6 is 11.3 Å². The van der Waals surface area contributed by atoms with Crippen LogP contribution in [0.4, 0.5) is 0 Å². The molecule has 0 amide bonds. The lowest BCUT2D eigenvalue weighted by Crippen LogP contribution is -2.11. The Balaban J connectivity index is 2.20. The molecule has 0 radical (unpaired) electrons. The van der Waals surface area contributed by atoms with Gasteiger partial charge in [0.1, 0.15) is 5.01 Å². The average Bonchev–Trinajstić information content (AvgIpc) is 2.70. The summed E-state index contributed by atoms with van der Waals surface area (Å²) in [6, 6.07) is 8.05. The maximum atomic E-state index is 6.24. The lowest BCUT2D eigenvalue weighted by molar-refractivity contribution is 0.185. The number of hydrogen-bond donors (Lipinski definition) is 1. The number of benzene rings is 1. The van der Waals surface area contributed by atoms with Gasteiger partial charge in [-0.25, -0.2) is 4.98 Å².